The third kappa shape index (κ3) is 3.09. The zero-order valence-corrected chi connectivity index (χ0v) is 11.2. The Morgan fingerprint density at radius 3 is 2.56 bits per heavy atom. The Morgan fingerprint density at radius 1 is 1.56 bits per heavy atom. The van der Waals surface area contributed by atoms with Gasteiger partial charge in [-0.25, -0.2) is 13.2 Å². The van der Waals surface area contributed by atoms with Gasteiger partial charge >= 0.3 is 5.97 Å². The molecule has 0 unspecified atom stereocenters. The van der Waals surface area contributed by atoms with Gasteiger partial charge in [-0.05, 0) is 26.8 Å². The molecule has 7 nitrogen and oxygen atoms in total. The van der Waals surface area contributed by atoms with Crippen LogP contribution in [0.5, 0.6) is 0 Å². The summed E-state index contributed by atoms with van der Waals surface area (Å²) in [4.78, 5) is 17.4. The summed E-state index contributed by atoms with van der Waals surface area (Å²) in [5, 5.41) is 9.00. The van der Waals surface area contributed by atoms with Crippen LogP contribution in [0, 0.1) is 0 Å². The van der Waals surface area contributed by atoms with Crippen molar-refractivity contribution in [3.05, 3.63) is 18.0 Å². The largest absolute Gasteiger partial charge is 0.477 e. The summed E-state index contributed by atoms with van der Waals surface area (Å²) in [5.41, 5.74) is -0.0816. The number of carboxylic acids is 1. The van der Waals surface area contributed by atoms with Gasteiger partial charge in [-0.2, -0.15) is 0 Å². The van der Waals surface area contributed by atoms with E-state index < -0.39 is 16.0 Å². The smallest absolute Gasteiger partial charge is 0.352 e. The van der Waals surface area contributed by atoms with Gasteiger partial charge in [-0.15, -0.1) is 0 Å². The quantitative estimate of drug-likeness (QED) is 0.755. The Balaban J connectivity index is 3.20. The highest BCUT2D eigenvalue weighted by molar-refractivity contribution is 7.89. The highest BCUT2D eigenvalue weighted by atomic mass is 32.2. The number of hydrogen-bond acceptors (Lipinski definition) is 4. The summed E-state index contributed by atoms with van der Waals surface area (Å²) in [5.74, 6) is -1.18. The normalized spacial score (nSPS) is 12.0. The van der Waals surface area contributed by atoms with E-state index in [4.69, 9.17) is 5.11 Å². The van der Waals surface area contributed by atoms with E-state index in [0.717, 1.165) is 6.07 Å². The molecule has 0 bridgehead atoms. The fourth-order valence-corrected chi connectivity index (χ4v) is 2.27. The molecule has 0 saturated heterocycles. The molecule has 0 radical (unpaired) electrons. The molecule has 0 spiro atoms. The average Bonchev–Trinajstić information content (AvgIpc) is 2.72. The number of hydrogen-bond donors (Lipinski definition) is 2. The minimum atomic E-state index is -3.85. The Kier molecular flexibility index (Phi) is 4.49. The number of carboxylic acid groups (broad SMARTS) is 1. The fourth-order valence-electron chi connectivity index (χ4n) is 1.38. The molecule has 8 heteroatoms. The van der Waals surface area contributed by atoms with Crippen LogP contribution in [0.3, 0.4) is 0 Å². The van der Waals surface area contributed by atoms with Crippen molar-refractivity contribution in [2.45, 2.75) is 31.7 Å². The summed E-state index contributed by atoms with van der Waals surface area (Å²) in [6, 6.07) is 0.941. The number of nitrogens with zero attached hydrogens (tertiary/aromatic N) is 1. The van der Waals surface area contributed by atoms with Gasteiger partial charge in [0.05, 0.1) is 6.61 Å². The minimum Gasteiger partial charge on any atom is -0.477 e. The standard InChI is InChI=1S/C10H16N2O5S/c1-4-17-11-18(15,16)8-5-9(10(13)14)12(6-8)7(2)3/h5-7,11H,4H2,1-3H3,(H,13,14). The van der Waals surface area contributed by atoms with E-state index in [1.165, 1.54) is 10.8 Å². The third-order valence-electron chi connectivity index (χ3n) is 2.22. The van der Waals surface area contributed by atoms with E-state index in [0.29, 0.717) is 0 Å². The lowest BCUT2D eigenvalue weighted by Gasteiger charge is -2.09. The molecule has 18 heavy (non-hydrogen) atoms. The van der Waals surface area contributed by atoms with Crippen LogP contribution in [0.15, 0.2) is 17.2 Å². The second-order valence-electron chi connectivity index (χ2n) is 3.89. The molecule has 102 valence electrons. The minimum absolute atomic E-state index is 0.0816. The van der Waals surface area contributed by atoms with Crippen LogP contribution in [0.4, 0.5) is 0 Å². The molecule has 1 rings (SSSR count). The fraction of sp³-hybridized carbons (Fsp3) is 0.500. The number of carbonyl (C=O) groups is 1. The summed E-state index contributed by atoms with van der Waals surface area (Å²) in [6.07, 6.45) is 1.27. The van der Waals surface area contributed by atoms with Gasteiger partial charge in [0.15, 0.2) is 0 Å². The zero-order chi connectivity index (χ0) is 13.9. The molecule has 0 aliphatic heterocycles. The second kappa shape index (κ2) is 5.51. The molecule has 1 aromatic rings. The Hall–Kier alpha value is -1.38. The SMILES string of the molecule is CCONS(=O)(=O)c1cc(C(=O)O)n(C(C)C)c1. The highest BCUT2D eigenvalue weighted by Gasteiger charge is 2.22. The lowest BCUT2D eigenvalue weighted by atomic mass is 10.3. The van der Waals surface area contributed by atoms with Gasteiger partial charge in [-0.3, -0.25) is 4.84 Å². The predicted molar refractivity (Wildman–Crippen MR) is 63.7 cm³/mol. The van der Waals surface area contributed by atoms with Crippen LogP contribution in [0.25, 0.3) is 0 Å². The molecule has 0 aromatic carbocycles. The maximum absolute atomic E-state index is 11.8. The zero-order valence-electron chi connectivity index (χ0n) is 10.4. The summed E-state index contributed by atoms with van der Waals surface area (Å²) >= 11 is 0. The Bertz CT molecular complexity index is 532. The van der Waals surface area contributed by atoms with Crippen molar-refractivity contribution in [3.8, 4) is 0 Å². The monoisotopic (exact) mass is 276 g/mol. The number of aromatic carboxylic acids is 1. The van der Waals surface area contributed by atoms with Crippen molar-refractivity contribution in [2.75, 3.05) is 6.61 Å². The Labute approximate surface area is 105 Å². The van der Waals surface area contributed by atoms with Gasteiger partial charge in [0.1, 0.15) is 10.6 Å². The topological polar surface area (TPSA) is 97.6 Å². The van der Waals surface area contributed by atoms with Crippen molar-refractivity contribution in [1.29, 1.82) is 0 Å². The lowest BCUT2D eigenvalue weighted by Crippen LogP contribution is -2.23. The second-order valence-corrected chi connectivity index (χ2v) is 5.53. The van der Waals surface area contributed by atoms with E-state index in [-0.39, 0.29) is 23.2 Å². The van der Waals surface area contributed by atoms with Gasteiger partial charge < -0.3 is 9.67 Å². The molecular formula is C10H16N2O5S. The highest BCUT2D eigenvalue weighted by Crippen LogP contribution is 2.18. The number of aromatic nitrogens is 1. The van der Waals surface area contributed by atoms with Crippen molar-refractivity contribution in [2.24, 2.45) is 0 Å². The first-order chi connectivity index (χ1) is 8.29. The van der Waals surface area contributed by atoms with Crippen molar-refractivity contribution in [3.63, 3.8) is 0 Å². The molecule has 0 fully saturated rings. The first-order valence-corrected chi connectivity index (χ1v) is 6.86. The molecule has 0 aliphatic rings. The predicted octanol–water partition coefficient (Wildman–Crippen LogP) is 0.997. The average molecular weight is 276 g/mol. The first kappa shape index (κ1) is 14.7. The molecule has 2 N–H and O–H groups in total. The van der Waals surface area contributed by atoms with Crippen LogP contribution in [0.1, 0.15) is 37.3 Å². The van der Waals surface area contributed by atoms with E-state index in [1.807, 2.05) is 4.89 Å². The molecule has 0 atom stereocenters. The summed E-state index contributed by atoms with van der Waals surface area (Å²) < 4.78 is 24.9. The molecular weight excluding hydrogens is 260 g/mol. The van der Waals surface area contributed by atoms with Crippen LogP contribution in [-0.4, -0.2) is 30.7 Å². The van der Waals surface area contributed by atoms with E-state index in [2.05, 4.69) is 4.84 Å². The molecule has 0 saturated carbocycles. The number of nitrogens with one attached hydrogen (secondary N) is 1. The maximum atomic E-state index is 11.8. The van der Waals surface area contributed by atoms with Crippen molar-refractivity contribution < 1.29 is 23.2 Å². The van der Waals surface area contributed by atoms with Gasteiger partial charge in [0.2, 0.25) is 0 Å². The lowest BCUT2D eigenvalue weighted by molar-refractivity contribution is 0.0683. The molecule has 1 heterocycles. The number of sulfonamides is 1. The molecule has 0 aliphatic carbocycles. The van der Waals surface area contributed by atoms with E-state index >= 15 is 0 Å². The van der Waals surface area contributed by atoms with E-state index in [1.54, 1.807) is 20.8 Å². The van der Waals surface area contributed by atoms with Crippen molar-refractivity contribution in [1.82, 2.24) is 9.45 Å². The van der Waals surface area contributed by atoms with Crippen LogP contribution in [-0.2, 0) is 14.9 Å². The third-order valence-corrected chi connectivity index (χ3v) is 3.40. The maximum Gasteiger partial charge on any atom is 0.352 e. The van der Waals surface area contributed by atoms with Gasteiger partial charge in [-0.1, -0.05) is 4.89 Å². The van der Waals surface area contributed by atoms with Crippen LogP contribution >= 0.6 is 0 Å². The van der Waals surface area contributed by atoms with E-state index in [9.17, 15) is 13.2 Å². The van der Waals surface area contributed by atoms with Gasteiger partial charge in [0, 0.05) is 12.2 Å². The summed E-state index contributed by atoms with van der Waals surface area (Å²) in [7, 11) is -3.85. The molecule has 1 aromatic heterocycles. The Morgan fingerprint density at radius 2 is 2.17 bits per heavy atom. The van der Waals surface area contributed by atoms with Crippen LogP contribution in [0.2, 0.25) is 0 Å². The molecule has 0 amide bonds. The number of rotatable bonds is 6. The van der Waals surface area contributed by atoms with Crippen molar-refractivity contribution >= 4 is 16.0 Å². The van der Waals surface area contributed by atoms with Crippen LogP contribution < -0.4 is 4.89 Å². The van der Waals surface area contributed by atoms with Gasteiger partial charge in [0.25, 0.3) is 10.0 Å². The first-order valence-electron chi connectivity index (χ1n) is 5.38. The summed E-state index contributed by atoms with van der Waals surface area (Å²) in [6.45, 7) is 5.33.